The molecule has 6 heteroatoms. The molecule has 1 aliphatic rings. The van der Waals surface area contributed by atoms with Crippen molar-refractivity contribution >= 4 is 5.91 Å². The van der Waals surface area contributed by atoms with Gasteiger partial charge in [-0.3, -0.25) is 9.89 Å². The van der Waals surface area contributed by atoms with E-state index in [4.69, 9.17) is 0 Å². The average molecular weight is 288 g/mol. The predicted octanol–water partition coefficient (Wildman–Crippen LogP) is 1.70. The summed E-state index contributed by atoms with van der Waals surface area (Å²) >= 11 is 0. The van der Waals surface area contributed by atoms with Crippen molar-refractivity contribution in [3.8, 4) is 11.3 Å². The summed E-state index contributed by atoms with van der Waals surface area (Å²) in [4.78, 5) is 12.1. The highest BCUT2D eigenvalue weighted by Gasteiger charge is 2.18. The molecule has 0 unspecified atom stereocenters. The first-order chi connectivity index (χ1) is 10.2. The number of halogens is 1. The van der Waals surface area contributed by atoms with E-state index in [9.17, 15) is 9.18 Å². The summed E-state index contributed by atoms with van der Waals surface area (Å²) in [7, 11) is 0. The number of carbonyl (C=O) groups is 1. The topological polar surface area (TPSA) is 69.8 Å². The van der Waals surface area contributed by atoms with Gasteiger partial charge in [0.05, 0.1) is 5.69 Å². The second-order valence-electron chi connectivity index (χ2n) is 5.19. The Balaban J connectivity index is 1.69. The number of amides is 1. The van der Waals surface area contributed by atoms with Crippen LogP contribution in [0.2, 0.25) is 0 Å². The van der Waals surface area contributed by atoms with Crippen LogP contribution < -0.4 is 10.6 Å². The van der Waals surface area contributed by atoms with E-state index in [1.165, 1.54) is 12.1 Å². The van der Waals surface area contributed by atoms with Gasteiger partial charge >= 0.3 is 0 Å². The van der Waals surface area contributed by atoms with Crippen LogP contribution in [0, 0.1) is 5.82 Å². The Labute approximate surface area is 121 Å². The monoisotopic (exact) mass is 288 g/mol. The van der Waals surface area contributed by atoms with E-state index in [1.807, 2.05) is 0 Å². The number of rotatable bonds is 3. The minimum atomic E-state index is -0.294. The fraction of sp³-hybridized carbons (Fsp3) is 0.333. The average Bonchev–Trinajstić information content (AvgIpc) is 2.99. The number of aromatic amines is 1. The molecule has 2 heterocycles. The maximum Gasteiger partial charge on any atom is 0.269 e. The highest BCUT2D eigenvalue weighted by atomic mass is 19.1. The number of nitrogens with zero attached hydrogens (tertiary/aromatic N) is 1. The van der Waals surface area contributed by atoms with Gasteiger partial charge in [-0.05, 0) is 49.7 Å². The zero-order valence-electron chi connectivity index (χ0n) is 11.5. The quantitative estimate of drug-likeness (QED) is 0.805. The number of carbonyl (C=O) groups excluding carboxylic acids is 1. The third-order valence-electron chi connectivity index (χ3n) is 3.59. The maximum atomic E-state index is 12.9. The predicted molar refractivity (Wildman–Crippen MR) is 77.3 cm³/mol. The van der Waals surface area contributed by atoms with Crippen LogP contribution in [-0.4, -0.2) is 35.2 Å². The molecule has 1 aliphatic heterocycles. The number of nitrogens with one attached hydrogen (secondary N) is 3. The Hall–Kier alpha value is -2.21. The van der Waals surface area contributed by atoms with E-state index in [-0.39, 0.29) is 17.8 Å². The summed E-state index contributed by atoms with van der Waals surface area (Å²) < 4.78 is 12.9. The van der Waals surface area contributed by atoms with Crippen molar-refractivity contribution < 1.29 is 9.18 Å². The van der Waals surface area contributed by atoms with Crippen molar-refractivity contribution in [1.29, 1.82) is 0 Å². The van der Waals surface area contributed by atoms with Crippen LogP contribution >= 0.6 is 0 Å². The van der Waals surface area contributed by atoms with Crippen molar-refractivity contribution in [2.45, 2.75) is 18.9 Å². The summed E-state index contributed by atoms with van der Waals surface area (Å²) in [5.41, 5.74) is 1.81. The van der Waals surface area contributed by atoms with E-state index in [1.54, 1.807) is 18.2 Å². The molecule has 5 nitrogen and oxygen atoms in total. The highest BCUT2D eigenvalue weighted by molar-refractivity contribution is 5.93. The van der Waals surface area contributed by atoms with E-state index < -0.39 is 0 Å². The number of piperidine rings is 1. The number of H-pyrrole nitrogens is 1. The van der Waals surface area contributed by atoms with Crippen molar-refractivity contribution in [3.63, 3.8) is 0 Å². The molecule has 21 heavy (non-hydrogen) atoms. The minimum absolute atomic E-state index is 0.156. The molecule has 1 aromatic carbocycles. The molecule has 0 aliphatic carbocycles. The molecule has 0 bridgehead atoms. The van der Waals surface area contributed by atoms with Crippen molar-refractivity contribution in [2.24, 2.45) is 0 Å². The largest absolute Gasteiger partial charge is 0.347 e. The second kappa shape index (κ2) is 6.05. The number of hydrogen-bond acceptors (Lipinski definition) is 3. The van der Waals surface area contributed by atoms with Gasteiger partial charge in [-0.15, -0.1) is 0 Å². The van der Waals surface area contributed by atoms with Gasteiger partial charge in [0.1, 0.15) is 11.5 Å². The van der Waals surface area contributed by atoms with Gasteiger partial charge in [0.15, 0.2) is 0 Å². The summed E-state index contributed by atoms with van der Waals surface area (Å²) in [6.07, 6.45) is 2.05. The van der Waals surface area contributed by atoms with Crippen molar-refractivity contribution in [2.75, 3.05) is 13.1 Å². The fourth-order valence-corrected chi connectivity index (χ4v) is 2.44. The summed E-state index contributed by atoms with van der Waals surface area (Å²) in [6.45, 7) is 1.80. The minimum Gasteiger partial charge on any atom is -0.347 e. The van der Waals surface area contributed by atoms with Crippen LogP contribution in [0.5, 0.6) is 0 Å². The van der Waals surface area contributed by atoms with Crippen LogP contribution in [0.15, 0.2) is 30.3 Å². The molecule has 3 N–H and O–H groups in total. The molecule has 0 radical (unpaired) electrons. The molecule has 1 saturated heterocycles. The lowest BCUT2D eigenvalue weighted by molar-refractivity contribution is 0.0925. The van der Waals surface area contributed by atoms with E-state index >= 15 is 0 Å². The lowest BCUT2D eigenvalue weighted by Crippen LogP contribution is -2.45. The zero-order chi connectivity index (χ0) is 14.7. The summed E-state index contributed by atoms with van der Waals surface area (Å²) in [5, 5.41) is 13.1. The van der Waals surface area contributed by atoms with Crippen molar-refractivity contribution in [1.82, 2.24) is 20.8 Å². The summed E-state index contributed by atoms with van der Waals surface area (Å²) in [5.74, 6) is -0.457. The van der Waals surface area contributed by atoms with Gasteiger partial charge in [0.25, 0.3) is 5.91 Å². The Morgan fingerprint density at radius 3 is 2.86 bits per heavy atom. The molecule has 1 atom stereocenters. The maximum absolute atomic E-state index is 12.9. The molecular weight excluding hydrogens is 271 g/mol. The molecular formula is C15H17FN4O. The number of benzene rings is 1. The van der Waals surface area contributed by atoms with E-state index in [0.717, 1.165) is 31.5 Å². The molecule has 1 fully saturated rings. The zero-order valence-corrected chi connectivity index (χ0v) is 11.5. The van der Waals surface area contributed by atoms with Gasteiger partial charge in [-0.1, -0.05) is 0 Å². The highest BCUT2D eigenvalue weighted by Crippen LogP contribution is 2.18. The molecule has 3 rings (SSSR count). The normalized spacial score (nSPS) is 18.4. The van der Waals surface area contributed by atoms with Crippen LogP contribution in [0.1, 0.15) is 23.3 Å². The Morgan fingerprint density at radius 2 is 2.14 bits per heavy atom. The first-order valence-electron chi connectivity index (χ1n) is 7.05. The van der Waals surface area contributed by atoms with Gasteiger partial charge in [0.2, 0.25) is 0 Å². The van der Waals surface area contributed by atoms with Crippen LogP contribution in [0.4, 0.5) is 4.39 Å². The van der Waals surface area contributed by atoms with Gasteiger partial charge in [-0.25, -0.2) is 4.39 Å². The second-order valence-corrected chi connectivity index (χ2v) is 5.19. The van der Waals surface area contributed by atoms with E-state index in [0.29, 0.717) is 11.4 Å². The van der Waals surface area contributed by atoms with Crippen LogP contribution in [0.25, 0.3) is 11.3 Å². The van der Waals surface area contributed by atoms with Gasteiger partial charge in [0, 0.05) is 18.2 Å². The first kappa shape index (κ1) is 13.8. The van der Waals surface area contributed by atoms with E-state index in [2.05, 4.69) is 20.8 Å². The smallest absolute Gasteiger partial charge is 0.269 e. The molecule has 1 amide bonds. The molecule has 0 saturated carbocycles. The molecule has 110 valence electrons. The first-order valence-corrected chi connectivity index (χ1v) is 7.05. The molecule has 0 spiro atoms. The Morgan fingerprint density at radius 1 is 1.33 bits per heavy atom. The Kier molecular flexibility index (Phi) is 3.96. The van der Waals surface area contributed by atoms with Crippen LogP contribution in [-0.2, 0) is 0 Å². The lowest BCUT2D eigenvalue weighted by atomic mass is 10.1. The van der Waals surface area contributed by atoms with Crippen molar-refractivity contribution in [3.05, 3.63) is 41.8 Å². The third kappa shape index (κ3) is 3.28. The fourth-order valence-electron chi connectivity index (χ4n) is 2.44. The third-order valence-corrected chi connectivity index (χ3v) is 3.59. The Bertz CT molecular complexity index is 617. The van der Waals surface area contributed by atoms with Gasteiger partial charge < -0.3 is 10.6 Å². The standard InChI is InChI=1S/C15H17FN4O/c16-11-5-3-10(4-6-11)13-8-14(20-19-13)15(21)18-12-2-1-7-17-9-12/h3-6,8,12,17H,1-2,7,9H2,(H,18,21)(H,19,20)/t12-/m0/s1. The summed E-state index contributed by atoms with van der Waals surface area (Å²) in [6, 6.07) is 7.85. The lowest BCUT2D eigenvalue weighted by Gasteiger charge is -2.23. The molecule has 2 aromatic rings. The molecule has 1 aromatic heterocycles. The van der Waals surface area contributed by atoms with Crippen LogP contribution in [0.3, 0.4) is 0 Å². The SMILES string of the molecule is O=C(N[C@H]1CCCNC1)c1cc(-c2ccc(F)cc2)n[nH]1. The number of aromatic nitrogens is 2. The van der Waals surface area contributed by atoms with Gasteiger partial charge in [-0.2, -0.15) is 5.10 Å². The number of hydrogen-bond donors (Lipinski definition) is 3.